The van der Waals surface area contributed by atoms with E-state index in [0.717, 1.165) is 60.4 Å². The van der Waals surface area contributed by atoms with E-state index >= 15 is 0 Å². The van der Waals surface area contributed by atoms with Crippen molar-refractivity contribution in [2.24, 2.45) is 11.3 Å². The van der Waals surface area contributed by atoms with Gasteiger partial charge in [0.15, 0.2) is 0 Å². The van der Waals surface area contributed by atoms with Gasteiger partial charge in [0.1, 0.15) is 5.82 Å². The molecule has 1 aliphatic heterocycles. The number of halogens is 3. The Labute approximate surface area is 206 Å². The van der Waals surface area contributed by atoms with Crippen molar-refractivity contribution in [1.82, 2.24) is 0 Å². The Morgan fingerprint density at radius 1 is 1.11 bits per heavy atom. The monoisotopic (exact) mass is 484 g/mol. The predicted octanol–water partition coefficient (Wildman–Crippen LogP) is 7.36. The molecule has 0 unspecified atom stereocenters. The zero-order valence-corrected chi connectivity index (χ0v) is 20.3. The summed E-state index contributed by atoms with van der Waals surface area (Å²) >= 11 is 0. The molecule has 188 valence electrons. The molecule has 3 nitrogen and oxygen atoms in total. The number of hydrogen-bond donors (Lipinski definition) is 1. The quantitative estimate of drug-likeness (QED) is 0.481. The van der Waals surface area contributed by atoms with Crippen molar-refractivity contribution in [1.29, 1.82) is 0 Å². The third-order valence-electron chi connectivity index (χ3n) is 9.02. The molecule has 0 saturated heterocycles. The van der Waals surface area contributed by atoms with E-state index in [2.05, 4.69) is 22.3 Å². The smallest absolute Gasteiger partial charge is 0.248 e. The third kappa shape index (κ3) is 4.34. The number of fused-ring (bicyclic) bond motifs is 1. The van der Waals surface area contributed by atoms with Crippen molar-refractivity contribution in [3.8, 4) is 0 Å². The maximum atomic E-state index is 13.7. The molecule has 1 spiro atoms. The van der Waals surface area contributed by atoms with E-state index in [1.807, 2.05) is 13.0 Å². The fourth-order valence-corrected chi connectivity index (χ4v) is 6.88. The summed E-state index contributed by atoms with van der Waals surface area (Å²) in [6.45, 7) is 3.60. The summed E-state index contributed by atoms with van der Waals surface area (Å²) < 4.78 is 40.1. The molecule has 2 aromatic carbocycles. The van der Waals surface area contributed by atoms with Crippen LogP contribution in [-0.4, -0.2) is 18.4 Å². The summed E-state index contributed by atoms with van der Waals surface area (Å²) in [5.41, 5.74) is 6.96. The van der Waals surface area contributed by atoms with Crippen LogP contribution in [0.25, 0.3) is 0 Å². The molecule has 3 aliphatic carbocycles. The summed E-state index contributed by atoms with van der Waals surface area (Å²) in [4.78, 5) is 15.2. The molecular formula is C29H35F3N2O. The molecule has 0 atom stereocenters. The maximum absolute atomic E-state index is 13.7. The summed E-state index contributed by atoms with van der Waals surface area (Å²) in [7, 11) is 0. The van der Waals surface area contributed by atoms with Crippen molar-refractivity contribution in [3.05, 3.63) is 58.4 Å². The van der Waals surface area contributed by atoms with Gasteiger partial charge in [-0.05, 0) is 103 Å². The van der Waals surface area contributed by atoms with E-state index in [1.54, 1.807) is 6.07 Å². The second kappa shape index (κ2) is 8.28. The molecule has 2 aromatic rings. The summed E-state index contributed by atoms with van der Waals surface area (Å²) in [6, 6.07) is 9.43. The number of carbonyl (C=O) groups excluding carboxylic acids is 1. The Hall–Kier alpha value is -2.50. The number of anilines is 2. The number of alkyl halides is 2. The highest BCUT2D eigenvalue weighted by atomic mass is 19.3. The van der Waals surface area contributed by atoms with E-state index < -0.39 is 5.92 Å². The van der Waals surface area contributed by atoms with Crippen LogP contribution in [0.4, 0.5) is 24.5 Å². The minimum Gasteiger partial charge on any atom is -0.367 e. The summed E-state index contributed by atoms with van der Waals surface area (Å²) in [5, 5.41) is 3.13. The second-order valence-electron chi connectivity index (χ2n) is 11.7. The minimum absolute atomic E-state index is 0. The van der Waals surface area contributed by atoms with Crippen LogP contribution in [0.5, 0.6) is 0 Å². The van der Waals surface area contributed by atoms with Crippen molar-refractivity contribution in [2.75, 3.05) is 16.8 Å². The predicted molar refractivity (Wildman–Crippen MR) is 134 cm³/mol. The Morgan fingerprint density at radius 3 is 2.57 bits per heavy atom. The molecule has 1 amide bonds. The fraction of sp³-hybridized carbons (Fsp3) is 0.552. The van der Waals surface area contributed by atoms with Crippen molar-refractivity contribution >= 4 is 17.3 Å². The molecule has 1 N–H and O–H groups in total. The van der Waals surface area contributed by atoms with Gasteiger partial charge in [0, 0.05) is 45.2 Å². The normalized spacial score (nSPS) is 22.7. The van der Waals surface area contributed by atoms with Gasteiger partial charge in [0.25, 0.3) is 0 Å². The van der Waals surface area contributed by atoms with Crippen molar-refractivity contribution < 1.29 is 19.4 Å². The summed E-state index contributed by atoms with van der Waals surface area (Å²) in [5.74, 6) is -2.75. The standard InChI is InChI=1S/C29H33F3N2O.H2/c1-18-9-24(34-8-5-20-11-23(30)4-3-21(20)17-34)12-25(22-15-28(16-22)6-2-7-28)27(18)33-26(35)10-19-13-29(31,32)14-19;/h3-4,9,11-12,19,22H,2,5-8,10,13-17H2,1H3,(H,33,35);1H. The van der Waals surface area contributed by atoms with E-state index in [1.165, 1.54) is 30.9 Å². The topological polar surface area (TPSA) is 32.3 Å². The number of nitrogens with one attached hydrogen (secondary N) is 1. The molecule has 6 rings (SSSR count). The van der Waals surface area contributed by atoms with E-state index in [-0.39, 0.29) is 38.3 Å². The molecule has 3 fully saturated rings. The molecule has 0 radical (unpaired) electrons. The van der Waals surface area contributed by atoms with E-state index in [0.29, 0.717) is 11.3 Å². The molecule has 0 bridgehead atoms. The fourth-order valence-electron chi connectivity index (χ4n) is 6.88. The van der Waals surface area contributed by atoms with Gasteiger partial charge in [0.2, 0.25) is 11.8 Å². The summed E-state index contributed by atoms with van der Waals surface area (Å²) in [6.07, 6.45) is 6.84. The molecule has 3 saturated carbocycles. The number of carbonyl (C=O) groups is 1. The van der Waals surface area contributed by atoms with Crippen LogP contribution < -0.4 is 10.2 Å². The van der Waals surface area contributed by atoms with Crippen LogP contribution in [0.15, 0.2) is 30.3 Å². The SMILES string of the molecule is Cc1cc(N2CCc3cc(F)ccc3C2)cc(C2CC3(CCC3)C2)c1NC(=O)CC1CC(F)(F)C1.[HH]. The van der Waals surface area contributed by atoms with Crippen LogP contribution in [0.3, 0.4) is 0 Å². The number of nitrogens with zero attached hydrogens (tertiary/aromatic N) is 1. The van der Waals surface area contributed by atoms with Gasteiger partial charge in [0.05, 0.1) is 0 Å². The Morgan fingerprint density at radius 2 is 1.89 bits per heavy atom. The van der Waals surface area contributed by atoms with Crippen LogP contribution in [-0.2, 0) is 17.8 Å². The van der Waals surface area contributed by atoms with Gasteiger partial charge in [-0.3, -0.25) is 4.79 Å². The Bertz CT molecular complexity index is 1160. The number of amides is 1. The molecule has 0 aromatic heterocycles. The molecule has 4 aliphatic rings. The number of benzene rings is 2. The average molecular weight is 485 g/mol. The van der Waals surface area contributed by atoms with Crippen LogP contribution in [0, 0.1) is 24.1 Å². The van der Waals surface area contributed by atoms with Crippen LogP contribution >= 0.6 is 0 Å². The number of rotatable bonds is 5. The first-order valence-electron chi connectivity index (χ1n) is 13.0. The highest BCUT2D eigenvalue weighted by Crippen LogP contribution is 2.63. The maximum Gasteiger partial charge on any atom is 0.248 e. The van der Waals surface area contributed by atoms with Crippen molar-refractivity contribution in [3.63, 3.8) is 0 Å². The number of hydrogen-bond acceptors (Lipinski definition) is 2. The van der Waals surface area contributed by atoms with E-state index in [9.17, 15) is 18.0 Å². The minimum atomic E-state index is -2.60. The molecular weight excluding hydrogens is 449 g/mol. The first-order chi connectivity index (χ1) is 16.7. The largest absolute Gasteiger partial charge is 0.367 e. The van der Waals surface area contributed by atoms with Gasteiger partial charge in [-0.2, -0.15) is 0 Å². The molecule has 35 heavy (non-hydrogen) atoms. The zero-order chi connectivity index (χ0) is 24.4. The Balaban J connectivity index is 0.00000267. The first-order valence-corrected chi connectivity index (χ1v) is 13.0. The lowest BCUT2D eigenvalue weighted by Gasteiger charge is -2.55. The lowest BCUT2D eigenvalue weighted by molar-refractivity contribution is -0.129. The van der Waals surface area contributed by atoms with Gasteiger partial charge in [-0.1, -0.05) is 12.5 Å². The van der Waals surface area contributed by atoms with Gasteiger partial charge >= 0.3 is 0 Å². The van der Waals surface area contributed by atoms with Gasteiger partial charge < -0.3 is 10.2 Å². The second-order valence-corrected chi connectivity index (χ2v) is 11.7. The van der Waals surface area contributed by atoms with Crippen LogP contribution in [0.1, 0.15) is 81.0 Å². The number of aryl methyl sites for hydroxylation is 1. The molecule has 6 heteroatoms. The lowest BCUT2D eigenvalue weighted by atomic mass is 9.50. The van der Waals surface area contributed by atoms with Gasteiger partial charge in [-0.25, -0.2) is 13.2 Å². The van der Waals surface area contributed by atoms with Crippen molar-refractivity contribution in [2.45, 2.75) is 83.1 Å². The van der Waals surface area contributed by atoms with Crippen LogP contribution in [0.2, 0.25) is 0 Å². The highest BCUT2D eigenvalue weighted by Gasteiger charge is 2.49. The van der Waals surface area contributed by atoms with Gasteiger partial charge in [-0.15, -0.1) is 0 Å². The molecule has 1 heterocycles. The Kier molecular flexibility index (Phi) is 5.42. The first kappa shape index (κ1) is 22.9. The highest BCUT2D eigenvalue weighted by molar-refractivity contribution is 5.93. The lowest BCUT2D eigenvalue weighted by Crippen LogP contribution is -2.42. The van der Waals surface area contributed by atoms with E-state index in [4.69, 9.17) is 0 Å². The average Bonchev–Trinajstić information content (AvgIpc) is 2.72. The third-order valence-corrected chi connectivity index (χ3v) is 9.02. The zero-order valence-electron chi connectivity index (χ0n) is 20.3.